The zero-order valence-corrected chi connectivity index (χ0v) is 16.0. The van der Waals surface area contributed by atoms with Crippen molar-refractivity contribution < 1.29 is 14.3 Å². The minimum absolute atomic E-state index is 0.0529. The largest absolute Gasteiger partial charge is 0.383 e. The van der Waals surface area contributed by atoms with E-state index in [0.29, 0.717) is 51.8 Å². The Kier molecular flexibility index (Phi) is 5.24. The van der Waals surface area contributed by atoms with E-state index in [9.17, 15) is 9.59 Å². The fourth-order valence-electron chi connectivity index (χ4n) is 6.35. The van der Waals surface area contributed by atoms with Gasteiger partial charge < -0.3 is 19.9 Å². The van der Waals surface area contributed by atoms with Crippen LogP contribution in [0.1, 0.15) is 38.5 Å². The lowest BCUT2D eigenvalue weighted by Gasteiger charge is -2.57. The smallest absolute Gasteiger partial charge is 0.236 e. The number of amides is 2. The molecule has 0 radical (unpaired) electrons. The first-order chi connectivity index (χ1) is 12.6. The Hall–Kier alpha value is -1.14. The van der Waals surface area contributed by atoms with Gasteiger partial charge >= 0.3 is 0 Å². The molecule has 1 heterocycles. The standard InChI is InChI=1S/C20H33N3O3/c1-26-7-2-21-14-18(24)22-3-5-23(6-4-22)19(25)20-11-15-8-16(12-20)10-17(9-15)13-20/h15-17,21H,2-14H2,1H3. The van der Waals surface area contributed by atoms with Crippen LogP contribution in [0.25, 0.3) is 0 Å². The van der Waals surface area contributed by atoms with Gasteiger partial charge in [-0.3, -0.25) is 9.59 Å². The van der Waals surface area contributed by atoms with Crippen molar-refractivity contribution in [2.24, 2.45) is 23.2 Å². The van der Waals surface area contributed by atoms with Crippen LogP contribution in [0, 0.1) is 23.2 Å². The highest BCUT2D eigenvalue weighted by atomic mass is 16.5. The number of piperazine rings is 1. The van der Waals surface area contributed by atoms with Crippen LogP contribution in [0.2, 0.25) is 0 Å². The van der Waals surface area contributed by atoms with E-state index in [2.05, 4.69) is 10.2 Å². The summed E-state index contributed by atoms with van der Waals surface area (Å²) in [5.41, 5.74) is -0.0529. The van der Waals surface area contributed by atoms with Crippen LogP contribution in [0.3, 0.4) is 0 Å². The summed E-state index contributed by atoms with van der Waals surface area (Å²) in [4.78, 5) is 29.6. The first kappa shape index (κ1) is 18.2. The van der Waals surface area contributed by atoms with Gasteiger partial charge in [0, 0.05) is 39.8 Å². The molecular weight excluding hydrogens is 330 g/mol. The summed E-state index contributed by atoms with van der Waals surface area (Å²) >= 11 is 0. The van der Waals surface area contributed by atoms with Crippen LogP contribution in [0.5, 0.6) is 0 Å². The Morgan fingerprint density at radius 1 is 0.962 bits per heavy atom. The lowest BCUT2D eigenvalue weighted by atomic mass is 9.49. The van der Waals surface area contributed by atoms with Gasteiger partial charge in [-0.05, 0) is 56.3 Å². The summed E-state index contributed by atoms with van der Waals surface area (Å²) in [6.45, 7) is 4.39. The number of carbonyl (C=O) groups is 2. The summed E-state index contributed by atoms with van der Waals surface area (Å²) in [7, 11) is 1.66. The molecule has 26 heavy (non-hydrogen) atoms. The van der Waals surface area contributed by atoms with Crippen LogP contribution in [-0.4, -0.2) is 74.6 Å². The van der Waals surface area contributed by atoms with E-state index in [-0.39, 0.29) is 11.3 Å². The van der Waals surface area contributed by atoms with Crippen molar-refractivity contribution in [3.63, 3.8) is 0 Å². The monoisotopic (exact) mass is 363 g/mol. The average Bonchev–Trinajstić information content (AvgIpc) is 2.63. The Bertz CT molecular complexity index is 507. The topological polar surface area (TPSA) is 61.9 Å². The second-order valence-corrected chi connectivity index (χ2v) is 9.04. The highest BCUT2D eigenvalue weighted by molar-refractivity contribution is 5.84. The highest BCUT2D eigenvalue weighted by Crippen LogP contribution is 2.60. The molecule has 4 bridgehead atoms. The zero-order chi connectivity index (χ0) is 18.1. The number of nitrogens with zero attached hydrogens (tertiary/aromatic N) is 2. The normalized spacial score (nSPS) is 35.8. The third-order valence-electron chi connectivity index (χ3n) is 7.17. The molecule has 1 N–H and O–H groups in total. The molecule has 5 fully saturated rings. The van der Waals surface area contributed by atoms with Crippen molar-refractivity contribution in [3.05, 3.63) is 0 Å². The molecule has 1 aliphatic heterocycles. The van der Waals surface area contributed by atoms with E-state index in [1.54, 1.807) is 7.11 Å². The van der Waals surface area contributed by atoms with Gasteiger partial charge in [-0.15, -0.1) is 0 Å². The third kappa shape index (κ3) is 3.50. The Labute approximate surface area is 156 Å². The van der Waals surface area contributed by atoms with Crippen molar-refractivity contribution in [3.8, 4) is 0 Å². The van der Waals surface area contributed by atoms with Gasteiger partial charge in [0.15, 0.2) is 0 Å². The zero-order valence-electron chi connectivity index (χ0n) is 16.0. The number of rotatable bonds is 6. The lowest BCUT2D eigenvalue weighted by molar-refractivity contribution is -0.160. The molecule has 5 aliphatic rings. The van der Waals surface area contributed by atoms with E-state index >= 15 is 0 Å². The molecule has 6 nitrogen and oxygen atoms in total. The Morgan fingerprint density at radius 3 is 2.04 bits per heavy atom. The molecule has 1 saturated heterocycles. The van der Waals surface area contributed by atoms with Crippen molar-refractivity contribution in [1.29, 1.82) is 0 Å². The van der Waals surface area contributed by atoms with Crippen LogP contribution >= 0.6 is 0 Å². The number of ether oxygens (including phenoxy) is 1. The van der Waals surface area contributed by atoms with Gasteiger partial charge in [-0.1, -0.05) is 0 Å². The van der Waals surface area contributed by atoms with Crippen molar-refractivity contribution in [2.75, 3.05) is 53.0 Å². The highest BCUT2D eigenvalue weighted by Gasteiger charge is 2.55. The number of nitrogens with one attached hydrogen (secondary N) is 1. The Morgan fingerprint density at radius 2 is 1.50 bits per heavy atom. The molecule has 0 atom stereocenters. The van der Waals surface area contributed by atoms with E-state index in [1.165, 1.54) is 19.3 Å². The fraction of sp³-hybridized carbons (Fsp3) is 0.900. The molecule has 0 unspecified atom stereocenters. The van der Waals surface area contributed by atoms with Gasteiger partial charge in [0.1, 0.15) is 0 Å². The summed E-state index contributed by atoms with van der Waals surface area (Å²) < 4.78 is 4.98. The molecule has 146 valence electrons. The first-order valence-corrected chi connectivity index (χ1v) is 10.4. The van der Waals surface area contributed by atoms with Crippen LogP contribution < -0.4 is 5.32 Å². The van der Waals surface area contributed by atoms with E-state index in [4.69, 9.17) is 4.74 Å². The van der Waals surface area contributed by atoms with Gasteiger partial charge in [0.2, 0.25) is 11.8 Å². The number of hydrogen-bond donors (Lipinski definition) is 1. The first-order valence-electron chi connectivity index (χ1n) is 10.4. The number of carbonyl (C=O) groups excluding carboxylic acids is 2. The van der Waals surface area contributed by atoms with E-state index < -0.39 is 0 Å². The predicted octanol–water partition coefficient (Wildman–Crippen LogP) is 1.11. The molecule has 0 aromatic heterocycles. The molecule has 0 aromatic carbocycles. The minimum atomic E-state index is -0.0529. The molecule has 0 aromatic rings. The number of hydrogen-bond acceptors (Lipinski definition) is 4. The van der Waals surface area contributed by atoms with Crippen molar-refractivity contribution in [1.82, 2.24) is 15.1 Å². The number of methoxy groups -OCH3 is 1. The molecule has 6 heteroatoms. The summed E-state index contributed by atoms with van der Waals surface area (Å²) in [5, 5.41) is 3.11. The molecule has 2 amide bonds. The maximum absolute atomic E-state index is 13.4. The fourth-order valence-corrected chi connectivity index (χ4v) is 6.35. The molecule has 4 saturated carbocycles. The van der Waals surface area contributed by atoms with Crippen LogP contribution in [0.15, 0.2) is 0 Å². The van der Waals surface area contributed by atoms with Crippen LogP contribution in [0.4, 0.5) is 0 Å². The molecular formula is C20H33N3O3. The molecule has 4 aliphatic carbocycles. The predicted molar refractivity (Wildman–Crippen MR) is 98.5 cm³/mol. The van der Waals surface area contributed by atoms with Gasteiger partial charge in [0.25, 0.3) is 0 Å². The van der Waals surface area contributed by atoms with Gasteiger partial charge in [-0.25, -0.2) is 0 Å². The third-order valence-corrected chi connectivity index (χ3v) is 7.17. The summed E-state index contributed by atoms with van der Waals surface area (Å²) in [5.74, 6) is 2.92. The van der Waals surface area contributed by atoms with E-state index in [0.717, 1.165) is 37.0 Å². The maximum Gasteiger partial charge on any atom is 0.236 e. The second-order valence-electron chi connectivity index (χ2n) is 9.04. The SMILES string of the molecule is COCCNCC(=O)N1CCN(C(=O)C23CC4CC(CC(C4)C2)C3)CC1. The van der Waals surface area contributed by atoms with Crippen LogP contribution in [-0.2, 0) is 14.3 Å². The molecule has 0 spiro atoms. The lowest BCUT2D eigenvalue weighted by Crippen LogP contribution is -2.59. The van der Waals surface area contributed by atoms with Gasteiger partial charge in [0.05, 0.1) is 18.6 Å². The quantitative estimate of drug-likeness (QED) is 0.718. The second kappa shape index (κ2) is 7.47. The minimum Gasteiger partial charge on any atom is -0.383 e. The average molecular weight is 364 g/mol. The summed E-state index contributed by atoms with van der Waals surface area (Å²) in [6, 6.07) is 0. The van der Waals surface area contributed by atoms with Crippen molar-refractivity contribution >= 4 is 11.8 Å². The maximum atomic E-state index is 13.4. The van der Waals surface area contributed by atoms with Gasteiger partial charge in [-0.2, -0.15) is 0 Å². The summed E-state index contributed by atoms with van der Waals surface area (Å²) in [6.07, 6.45) is 7.47. The molecule has 5 rings (SSSR count). The Balaban J connectivity index is 1.28. The van der Waals surface area contributed by atoms with Crippen molar-refractivity contribution in [2.45, 2.75) is 38.5 Å². The van der Waals surface area contributed by atoms with E-state index in [1.807, 2.05) is 4.90 Å².